The molecule has 0 aliphatic heterocycles. The number of benzene rings is 1. The van der Waals surface area contributed by atoms with Gasteiger partial charge in [-0.15, -0.1) is 0 Å². The van der Waals surface area contributed by atoms with Crippen LogP contribution in [0.25, 0.3) is 0 Å². The molecular formula is C10H14N2O4S. The van der Waals surface area contributed by atoms with E-state index in [9.17, 15) is 18.3 Å². The summed E-state index contributed by atoms with van der Waals surface area (Å²) >= 11 is 0. The van der Waals surface area contributed by atoms with Gasteiger partial charge in [-0.2, -0.15) is 0 Å². The molecule has 0 saturated heterocycles. The third-order valence-corrected chi connectivity index (χ3v) is 2.53. The molecule has 0 unspecified atom stereocenters. The first-order valence-corrected chi connectivity index (χ1v) is 6.62. The fourth-order valence-corrected chi connectivity index (χ4v) is 1.81. The van der Waals surface area contributed by atoms with Gasteiger partial charge in [0, 0.05) is 20.2 Å². The van der Waals surface area contributed by atoms with Crippen LogP contribution >= 0.6 is 0 Å². The maximum atomic E-state index is 11.8. The molecule has 0 aliphatic rings. The summed E-state index contributed by atoms with van der Waals surface area (Å²) in [5.74, 6) is -0.470. The van der Waals surface area contributed by atoms with Gasteiger partial charge in [0.05, 0.1) is 17.5 Å². The van der Waals surface area contributed by atoms with Crippen molar-refractivity contribution in [3.8, 4) is 5.75 Å². The number of carbonyl (C=O) groups excluding carboxylic acids is 1. The lowest BCUT2D eigenvalue weighted by molar-refractivity contribution is 0.0828. The van der Waals surface area contributed by atoms with Gasteiger partial charge in [-0.3, -0.25) is 9.52 Å². The largest absolute Gasteiger partial charge is 0.508 e. The Hall–Kier alpha value is -1.76. The number of sulfonamides is 1. The number of hydrogen-bond acceptors (Lipinski definition) is 4. The molecule has 0 aliphatic carbocycles. The molecule has 0 bridgehead atoms. The number of nitrogens with one attached hydrogen (secondary N) is 1. The van der Waals surface area contributed by atoms with Crippen LogP contribution in [0, 0.1) is 0 Å². The first-order valence-electron chi connectivity index (χ1n) is 4.73. The molecule has 0 heterocycles. The predicted molar refractivity (Wildman–Crippen MR) is 64.6 cm³/mol. The molecule has 1 amide bonds. The Balaban J connectivity index is 3.26. The second-order valence-corrected chi connectivity index (χ2v) is 5.55. The quantitative estimate of drug-likeness (QED) is 0.825. The molecular weight excluding hydrogens is 244 g/mol. The average Bonchev–Trinajstić information content (AvgIpc) is 2.14. The lowest BCUT2D eigenvalue weighted by Gasteiger charge is -2.14. The fourth-order valence-electron chi connectivity index (χ4n) is 1.24. The molecule has 0 aromatic heterocycles. The second-order valence-electron chi connectivity index (χ2n) is 3.80. The van der Waals surface area contributed by atoms with Gasteiger partial charge in [-0.1, -0.05) is 0 Å². The molecule has 2 N–H and O–H groups in total. The highest BCUT2D eigenvalue weighted by Crippen LogP contribution is 2.23. The number of amides is 1. The molecule has 0 spiro atoms. The Morgan fingerprint density at radius 2 is 1.94 bits per heavy atom. The Labute approximate surface area is 99.9 Å². The number of phenolic OH excluding ortho intramolecular Hbond substituents is 1. The summed E-state index contributed by atoms with van der Waals surface area (Å²) < 4.78 is 24.5. The third-order valence-electron chi connectivity index (χ3n) is 1.94. The summed E-state index contributed by atoms with van der Waals surface area (Å²) in [5.41, 5.74) is 0.240. The van der Waals surface area contributed by atoms with Gasteiger partial charge in [0.15, 0.2) is 0 Å². The number of aromatic hydroxyl groups is 1. The van der Waals surface area contributed by atoms with Crippen molar-refractivity contribution in [2.75, 3.05) is 25.1 Å². The van der Waals surface area contributed by atoms with Gasteiger partial charge in [-0.25, -0.2) is 8.42 Å². The van der Waals surface area contributed by atoms with Crippen LogP contribution in [0.3, 0.4) is 0 Å². The summed E-state index contributed by atoms with van der Waals surface area (Å²) in [6, 6.07) is 3.88. The van der Waals surface area contributed by atoms with E-state index < -0.39 is 10.0 Å². The lowest BCUT2D eigenvalue weighted by Crippen LogP contribution is -2.23. The third kappa shape index (κ3) is 3.63. The number of rotatable bonds is 3. The van der Waals surface area contributed by atoms with E-state index in [-0.39, 0.29) is 22.9 Å². The fraction of sp³-hybridized carbons (Fsp3) is 0.300. The molecule has 1 rings (SSSR count). The maximum absolute atomic E-state index is 11.8. The predicted octanol–water partition coefficient (Wildman–Crippen LogP) is 0.466. The molecule has 0 radical (unpaired) electrons. The smallest absolute Gasteiger partial charge is 0.255 e. The Morgan fingerprint density at radius 3 is 2.41 bits per heavy atom. The van der Waals surface area contributed by atoms with Crippen molar-refractivity contribution < 1.29 is 18.3 Å². The summed E-state index contributed by atoms with van der Waals surface area (Å²) in [5, 5.41) is 9.30. The van der Waals surface area contributed by atoms with Crippen molar-refractivity contribution in [3.63, 3.8) is 0 Å². The molecule has 0 fully saturated rings. The molecule has 7 heteroatoms. The molecule has 17 heavy (non-hydrogen) atoms. The van der Waals surface area contributed by atoms with E-state index in [4.69, 9.17) is 0 Å². The maximum Gasteiger partial charge on any atom is 0.255 e. The number of nitrogens with zero attached hydrogens (tertiary/aromatic N) is 1. The van der Waals surface area contributed by atoms with Gasteiger partial charge in [0.25, 0.3) is 5.91 Å². The molecule has 0 saturated carbocycles. The van der Waals surface area contributed by atoms with E-state index in [1.165, 1.54) is 23.1 Å². The highest BCUT2D eigenvalue weighted by atomic mass is 32.2. The van der Waals surface area contributed by atoms with Crippen molar-refractivity contribution >= 4 is 21.6 Å². The van der Waals surface area contributed by atoms with Gasteiger partial charge < -0.3 is 10.0 Å². The van der Waals surface area contributed by atoms with Crippen molar-refractivity contribution in [3.05, 3.63) is 23.8 Å². The normalized spacial score (nSPS) is 11.0. The highest BCUT2D eigenvalue weighted by molar-refractivity contribution is 7.92. The van der Waals surface area contributed by atoms with E-state index in [0.29, 0.717) is 0 Å². The topological polar surface area (TPSA) is 86.7 Å². The minimum absolute atomic E-state index is 0.0613. The minimum atomic E-state index is -3.51. The summed E-state index contributed by atoms with van der Waals surface area (Å²) in [7, 11) is -0.398. The zero-order valence-electron chi connectivity index (χ0n) is 9.76. The zero-order valence-corrected chi connectivity index (χ0v) is 10.6. The van der Waals surface area contributed by atoms with Gasteiger partial charge >= 0.3 is 0 Å². The van der Waals surface area contributed by atoms with E-state index in [1.807, 2.05) is 0 Å². The molecule has 94 valence electrons. The number of carbonyl (C=O) groups is 1. The van der Waals surface area contributed by atoms with Gasteiger partial charge in [0.2, 0.25) is 10.0 Å². The SMILES string of the molecule is CN(C)C(=O)c1ccc(O)cc1NS(C)(=O)=O. The first kappa shape index (κ1) is 13.3. The molecule has 0 atom stereocenters. The van der Waals surface area contributed by atoms with E-state index in [2.05, 4.69) is 4.72 Å². The van der Waals surface area contributed by atoms with Crippen LogP contribution in [0.5, 0.6) is 5.75 Å². The Bertz CT molecular complexity index is 537. The van der Waals surface area contributed by atoms with Crippen molar-refractivity contribution in [2.24, 2.45) is 0 Å². The van der Waals surface area contributed by atoms with Crippen LogP contribution in [0.1, 0.15) is 10.4 Å². The lowest BCUT2D eigenvalue weighted by atomic mass is 10.1. The number of anilines is 1. The van der Waals surface area contributed by atoms with Crippen molar-refractivity contribution in [1.29, 1.82) is 0 Å². The van der Waals surface area contributed by atoms with Crippen molar-refractivity contribution in [2.45, 2.75) is 0 Å². The van der Waals surface area contributed by atoms with Gasteiger partial charge in [0.1, 0.15) is 5.75 Å². The van der Waals surface area contributed by atoms with Crippen LogP contribution in [0.15, 0.2) is 18.2 Å². The standard InChI is InChI=1S/C10H14N2O4S/c1-12(2)10(14)8-5-4-7(13)6-9(8)11-17(3,15)16/h4-6,11,13H,1-3H3. The molecule has 6 nitrogen and oxygen atoms in total. The van der Waals surface area contributed by atoms with E-state index in [0.717, 1.165) is 6.26 Å². The van der Waals surface area contributed by atoms with E-state index in [1.54, 1.807) is 14.1 Å². The summed E-state index contributed by atoms with van der Waals surface area (Å²) in [6.07, 6.45) is 0.973. The number of phenols is 1. The molecule has 1 aromatic rings. The zero-order chi connectivity index (χ0) is 13.2. The summed E-state index contributed by atoms with van der Waals surface area (Å²) in [6.45, 7) is 0. The second kappa shape index (κ2) is 4.62. The van der Waals surface area contributed by atoms with Crippen LogP contribution in [0.4, 0.5) is 5.69 Å². The number of hydrogen-bond donors (Lipinski definition) is 2. The average molecular weight is 258 g/mol. The summed E-state index contributed by atoms with van der Waals surface area (Å²) in [4.78, 5) is 13.1. The Morgan fingerprint density at radius 1 is 1.35 bits per heavy atom. The van der Waals surface area contributed by atoms with Crippen LogP contribution < -0.4 is 4.72 Å². The first-order chi connectivity index (χ1) is 7.70. The highest BCUT2D eigenvalue weighted by Gasteiger charge is 2.16. The van der Waals surface area contributed by atoms with Gasteiger partial charge in [-0.05, 0) is 12.1 Å². The monoisotopic (exact) mass is 258 g/mol. The van der Waals surface area contributed by atoms with Crippen LogP contribution in [-0.4, -0.2) is 44.7 Å². The van der Waals surface area contributed by atoms with Crippen LogP contribution in [-0.2, 0) is 10.0 Å². The Kier molecular flexibility index (Phi) is 3.62. The minimum Gasteiger partial charge on any atom is -0.508 e. The van der Waals surface area contributed by atoms with Crippen LogP contribution in [0.2, 0.25) is 0 Å². The van der Waals surface area contributed by atoms with E-state index >= 15 is 0 Å². The molecule has 1 aromatic carbocycles. The van der Waals surface area contributed by atoms with Crippen molar-refractivity contribution in [1.82, 2.24) is 4.90 Å².